The topological polar surface area (TPSA) is 56.0 Å². The minimum absolute atomic E-state index is 0.0741. The molecule has 0 aromatic carbocycles. The number of aryl methyl sites for hydroxylation is 1. The van der Waals surface area contributed by atoms with E-state index in [1.165, 1.54) is 5.56 Å². The van der Waals surface area contributed by atoms with Crippen LogP contribution in [0.1, 0.15) is 36.9 Å². The van der Waals surface area contributed by atoms with E-state index in [9.17, 15) is 4.79 Å². The molecule has 1 aromatic rings. The highest BCUT2D eigenvalue weighted by atomic mass is 16.1. The lowest BCUT2D eigenvalue weighted by Crippen LogP contribution is -2.33. The van der Waals surface area contributed by atoms with Gasteiger partial charge < -0.3 is 5.73 Å². The number of hydrogen-bond donors (Lipinski definition) is 1. The number of carbonyl (C=O) groups excluding carboxylic acids is 1. The third-order valence-corrected chi connectivity index (χ3v) is 2.99. The van der Waals surface area contributed by atoms with Gasteiger partial charge in [0.05, 0.1) is 17.7 Å². The van der Waals surface area contributed by atoms with Gasteiger partial charge in [0.25, 0.3) is 0 Å². The second-order valence-electron chi connectivity index (χ2n) is 4.18. The molecule has 0 spiro atoms. The number of Topliss-reactive ketones (excluding diaryl/α,β-unsaturated/α-hetero) is 1. The summed E-state index contributed by atoms with van der Waals surface area (Å²) in [5.74, 6) is 0.0459. The van der Waals surface area contributed by atoms with Crippen LogP contribution in [0.2, 0.25) is 0 Å². The lowest BCUT2D eigenvalue weighted by Gasteiger charge is -2.24. The molecule has 15 heavy (non-hydrogen) atoms. The Hall–Kier alpha value is -1.22. The Bertz CT molecular complexity index is 374. The van der Waals surface area contributed by atoms with E-state index in [0.717, 1.165) is 25.0 Å². The van der Waals surface area contributed by atoms with Gasteiger partial charge in [0.1, 0.15) is 0 Å². The molecule has 2 rings (SSSR count). The summed E-state index contributed by atoms with van der Waals surface area (Å²) in [7, 11) is 0. The van der Waals surface area contributed by atoms with Crippen LogP contribution in [0.4, 0.5) is 0 Å². The molecule has 0 aliphatic heterocycles. The third kappa shape index (κ3) is 1.92. The molecule has 0 saturated heterocycles. The van der Waals surface area contributed by atoms with Crippen LogP contribution in [0.3, 0.4) is 0 Å². The molecule has 1 aliphatic rings. The number of nitrogens with two attached hydrogens (primary N) is 1. The van der Waals surface area contributed by atoms with Crippen LogP contribution < -0.4 is 5.73 Å². The number of fused-ring (bicyclic) bond motifs is 1. The molecule has 3 heteroatoms. The summed E-state index contributed by atoms with van der Waals surface area (Å²) in [4.78, 5) is 16.2. The van der Waals surface area contributed by atoms with E-state index in [0.29, 0.717) is 0 Å². The molecule has 0 saturated carbocycles. The first-order chi connectivity index (χ1) is 7.20. The number of nitrogens with zero attached hydrogens (tertiary/aromatic N) is 1. The van der Waals surface area contributed by atoms with Crippen molar-refractivity contribution >= 4 is 5.78 Å². The van der Waals surface area contributed by atoms with Crippen LogP contribution in [0, 0.1) is 0 Å². The fourth-order valence-electron chi connectivity index (χ4n) is 2.20. The average Bonchev–Trinajstić information content (AvgIpc) is 2.27. The third-order valence-electron chi connectivity index (χ3n) is 2.99. The molecule has 3 nitrogen and oxygen atoms in total. The Labute approximate surface area is 89.7 Å². The van der Waals surface area contributed by atoms with Crippen molar-refractivity contribution in [1.82, 2.24) is 4.98 Å². The van der Waals surface area contributed by atoms with Crippen molar-refractivity contribution in [1.29, 1.82) is 0 Å². The van der Waals surface area contributed by atoms with Crippen LogP contribution in [0.25, 0.3) is 0 Å². The molecule has 2 unspecified atom stereocenters. The van der Waals surface area contributed by atoms with Crippen LogP contribution in [-0.4, -0.2) is 16.8 Å². The second kappa shape index (κ2) is 4.11. The summed E-state index contributed by atoms with van der Waals surface area (Å²) < 4.78 is 0. The van der Waals surface area contributed by atoms with Crippen molar-refractivity contribution in [2.75, 3.05) is 0 Å². The smallest absolute Gasteiger partial charge is 0.158 e. The number of hydrogen-bond acceptors (Lipinski definition) is 3. The Morgan fingerprint density at radius 3 is 3.20 bits per heavy atom. The highest BCUT2D eigenvalue weighted by Crippen LogP contribution is 2.30. The van der Waals surface area contributed by atoms with Crippen molar-refractivity contribution < 1.29 is 4.79 Å². The van der Waals surface area contributed by atoms with Crippen molar-refractivity contribution in [3.8, 4) is 0 Å². The molecule has 0 fully saturated rings. The fraction of sp³-hybridized carbons (Fsp3) is 0.500. The van der Waals surface area contributed by atoms with Crippen LogP contribution in [-0.2, 0) is 11.2 Å². The molecule has 0 amide bonds. The minimum atomic E-state index is -0.386. The monoisotopic (exact) mass is 204 g/mol. The maximum absolute atomic E-state index is 11.9. The van der Waals surface area contributed by atoms with Crippen LogP contribution >= 0.6 is 0 Å². The van der Waals surface area contributed by atoms with E-state index >= 15 is 0 Å². The van der Waals surface area contributed by atoms with Gasteiger partial charge in [0, 0.05) is 6.20 Å². The summed E-state index contributed by atoms with van der Waals surface area (Å²) in [6, 6.07) is 3.60. The molecule has 2 atom stereocenters. The zero-order chi connectivity index (χ0) is 10.8. The summed E-state index contributed by atoms with van der Waals surface area (Å²) in [6.45, 7) is 1.75. The van der Waals surface area contributed by atoms with Gasteiger partial charge in [-0.05, 0) is 37.8 Å². The fourth-order valence-corrected chi connectivity index (χ4v) is 2.20. The summed E-state index contributed by atoms with van der Waals surface area (Å²) in [5.41, 5.74) is 7.81. The van der Waals surface area contributed by atoms with E-state index in [1.807, 2.05) is 6.07 Å². The number of aromatic nitrogens is 1. The molecule has 80 valence electrons. The molecule has 1 aliphatic carbocycles. The Morgan fingerprint density at radius 2 is 2.47 bits per heavy atom. The number of carbonyl (C=O) groups is 1. The summed E-state index contributed by atoms with van der Waals surface area (Å²) in [5, 5.41) is 0. The Balaban J connectivity index is 2.34. The van der Waals surface area contributed by atoms with Crippen molar-refractivity contribution in [3.05, 3.63) is 29.6 Å². The molecule has 1 heterocycles. The van der Waals surface area contributed by atoms with Crippen LogP contribution in [0.15, 0.2) is 18.3 Å². The van der Waals surface area contributed by atoms with Gasteiger partial charge in [-0.1, -0.05) is 6.07 Å². The highest BCUT2D eigenvalue weighted by molar-refractivity contribution is 5.90. The second-order valence-corrected chi connectivity index (χ2v) is 4.18. The first kappa shape index (κ1) is 10.3. The predicted molar refractivity (Wildman–Crippen MR) is 58.6 cm³/mol. The van der Waals surface area contributed by atoms with Crippen molar-refractivity contribution in [2.45, 2.75) is 38.1 Å². The zero-order valence-electron chi connectivity index (χ0n) is 8.94. The van der Waals surface area contributed by atoms with Crippen LogP contribution in [0.5, 0.6) is 0 Å². The molecule has 0 bridgehead atoms. The molecule has 1 aromatic heterocycles. The highest BCUT2D eigenvalue weighted by Gasteiger charge is 2.28. The van der Waals surface area contributed by atoms with Gasteiger partial charge >= 0.3 is 0 Å². The number of rotatable bonds is 2. The Kier molecular flexibility index (Phi) is 2.82. The van der Waals surface area contributed by atoms with Crippen molar-refractivity contribution in [3.63, 3.8) is 0 Å². The summed E-state index contributed by atoms with van der Waals surface area (Å²) >= 11 is 0. The van der Waals surface area contributed by atoms with Gasteiger partial charge in [-0.2, -0.15) is 0 Å². The Morgan fingerprint density at radius 1 is 1.67 bits per heavy atom. The van der Waals surface area contributed by atoms with Crippen molar-refractivity contribution in [2.24, 2.45) is 5.73 Å². The van der Waals surface area contributed by atoms with Gasteiger partial charge in [-0.15, -0.1) is 0 Å². The summed E-state index contributed by atoms with van der Waals surface area (Å²) in [6.07, 6.45) is 4.74. The van der Waals surface area contributed by atoms with E-state index in [2.05, 4.69) is 11.1 Å². The van der Waals surface area contributed by atoms with Gasteiger partial charge in [-0.3, -0.25) is 9.78 Å². The van der Waals surface area contributed by atoms with Gasteiger partial charge in [0.2, 0.25) is 0 Å². The lowest BCUT2D eigenvalue weighted by atomic mass is 9.82. The maximum atomic E-state index is 11.9. The largest absolute Gasteiger partial charge is 0.322 e. The normalized spacial score (nSPS) is 21.9. The number of ketones is 1. The molecular weight excluding hydrogens is 188 g/mol. The molecule has 0 radical (unpaired) electrons. The first-order valence-electron chi connectivity index (χ1n) is 5.43. The quantitative estimate of drug-likeness (QED) is 0.792. The van der Waals surface area contributed by atoms with E-state index < -0.39 is 0 Å². The maximum Gasteiger partial charge on any atom is 0.158 e. The first-order valence-corrected chi connectivity index (χ1v) is 5.43. The van der Waals surface area contributed by atoms with Gasteiger partial charge in [0.15, 0.2) is 5.78 Å². The van der Waals surface area contributed by atoms with E-state index in [1.54, 1.807) is 13.1 Å². The average molecular weight is 204 g/mol. The SMILES string of the molecule is CC(N)C(=O)C1CCCc2cccnc21. The van der Waals surface area contributed by atoms with E-state index in [4.69, 9.17) is 5.73 Å². The number of pyridine rings is 1. The lowest BCUT2D eigenvalue weighted by molar-refractivity contribution is -0.121. The standard InChI is InChI=1S/C12H16N2O/c1-8(13)12(15)10-6-2-4-9-5-3-7-14-11(9)10/h3,5,7-8,10H,2,4,6,13H2,1H3. The molecule has 2 N–H and O–H groups in total. The molecular formula is C12H16N2O. The minimum Gasteiger partial charge on any atom is -0.322 e. The predicted octanol–water partition coefficient (Wildman–Crippen LogP) is 1.42. The zero-order valence-corrected chi connectivity index (χ0v) is 8.94. The van der Waals surface area contributed by atoms with E-state index in [-0.39, 0.29) is 17.7 Å². The van der Waals surface area contributed by atoms with Gasteiger partial charge in [-0.25, -0.2) is 0 Å².